The number of benzene rings is 3. The number of nitro benzene ring substituents is 1. The van der Waals surface area contributed by atoms with Crippen molar-refractivity contribution in [1.82, 2.24) is 4.90 Å². The molecule has 0 bridgehead atoms. The minimum atomic E-state index is -0.542. The molecule has 1 saturated heterocycles. The van der Waals surface area contributed by atoms with Gasteiger partial charge in [0.1, 0.15) is 0 Å². The molecule has 1 fully saturated rings. The van der Waals surface area contributed by atoms with Crippen LogP contribution in [0, 0.1) is 17.0 Å². The summed E-state index contributed by atoms with van der Waals surface area (Å²) in [5.41, 5.74) is 2.26. The number of amides is 3. The van der Waals surface area contributed by atoms with Crippen molar-refractivity contribution >= 4 is 52.2 Å². The van der Waals surface area contributed by atoms with Crippen LogP contribution in [0.15, 0.2) is 60.7 Å². The van der Waals surface area contributed by atoms with Gasteiger partial charge < -0.3 is 10.2 Å². The third kappa shape index (κ3) is 5.55. The van der Waals surface area contributed by atoms with Crippen LogP contribution in [0.2, 0.25) is 10.0 Å². The molecule has 0 radical (unpaired) electrons. The Labute approximate surface area is 212 Å². The van der Waals surface area contributed by atoms with Gasteiger partial charge in [0.25, 0.3) is 11.6 Å². The van der Waals surface area contributed by atoms with E-state index in [0.29, 0.717) is 41.6 Å². The predicted octanol–water partition coefficient (Wildman–Crippen LogP) is 6.29. The highest BCUT2D eigenvalue weighted by atomic mass is 35.5. The molecule has 0 atom stereocenters. The van der Waals surface area contributed by atoms with E-state index in [0.717, 1.165) is 12.0 Å². The number of carbonyl (C=O) groups excluding carboxylic acids is 2. The molecule has 180 valence electrons. The molecule has 1 N–H and O–H groups in total. The van der Waals surface area contributed by atoms with E-state index in [4.69, 9.17) is 23.2 Å². The molecule has 1 aliphatic heterocycles. The minimum Gasteiger partial charge on any atom is -0.321 e. The zero-order valence-corrected chi connectivity index (χ0v) is 20.3. The first-order chi connectivity index (χ1) is 16.7. The van der Waals surface area contributed by atoms with Gasteiger partial charge in [-0.05, 0) is 55.3 Å². The number of rotatable bonds is 6. The van der Waals surface area contributed by atoms with Crippen molar-refractivity contribution in [2.24, 2.45) is 0 Å². The van der Waals surface area contributed by atoms with Gasteiger partial charge in [-0.1, -0.05) is 41.4 Å². The molecular formula is C25H22Cl2N4O4. The van der Waals surface area contributed by atoms with Gasteiger partial charge in [0.2, 0.25) is 0 Å². The number of aryl methyl sites for hydroxylation is 1. The van der Waals surface area contributed by atoms with Crippen LogP contribution in [0.1, 0.15) is 27.9 Å². The van der Waals surface area contributed by atoms with Crippen LogP contribution in [0.5, 0.6) is 0 Å². The molecule has 4 rings (SSSR count). The molecule has 3 aromatic carbocycles. The Morgan fingerprint density at radius 2 is 1.89 bits per heavy atom. The smallest absolute Gasteiger partial charge is 0.321 e. The number of urea groups is 1. The van der Waals surface area contributed by atoms with Crippen molar-refractivity contribution < 1.29 is 14.5 Å². The number of carbonyl (C=O) groups is 2. The van der Waals surface area contributed by atoms with Gasteiger partial charge in [-0.2, -0.15) is 0 Å². The Morgan fingerprint density at radius 3 is 2.63 bits per heavy atom. The number of hydrogen-bond donors (Lipinski definition) is 1. The van der Waals surface area contributed by atoms with Crippen molar-refractivity contribution in [3.05, 3.63) is 97.5 Å². The summed E-state index contributed by atoms with van der Waals surface area (Å²) in [5.74, 6) is -0.542. The molecule has 10 heteroatoms. The lowest BCUT2D eigenvalue weighted by Gasteiger charge is -2.36. The van der Waals surface area contributed by atoms with Crippen LogP contribution in [-0.2, 0) is 6.54 Å². The maximum atomic E-state index is 13.2. The molecule has 0 unspecified atom stereocenters. The Morgan fingerprint density at radius 1 is 1.09 bits per heavy atom. The molecule has 0 spiro atoms. The summed E-state index contributed by atoms with van der Waals surface area (Å²) < 4.78 is 0. The van der Waals surface area contributed by atoms with Crippen molar-refractivity contribution in [1.29, 1.82) is 0 Å². The summed E-state index contributed by atoms with van der Waals surface area (Å²) in [5, 5.41) is 14.8. The molecule has 0 saturated carbocycles. The molecule has 3 aromatic rings. The fraction of sp³-hybridized carbons (Fsp3) is 0.200. The normalized spacial score (nSPS) is 13.6. The van der Waals surface area contributed by atoms with E-state index >= 15 is 0 Å². The van der Waals surface area contributed by atoms with Gasteiger partial charge in [-0.3, -0.25) is 19.8 Å². The summed E-state index contributed by atoms with van der Waals surface area (Å²) in [4.78, 5) is 40.1. The number of hydrogen-bond acceptors (Lipinski definition) is 4. The number of nitrogens with zero attached hydrogens (tertiary/aromatic N) is 3. The van der Waals surface area contributed by atoms with Gasteiger partial charge in [0, 0.05) is 47.5 Å². The highest BCUT2D eigenvalue weighted by molar-refractivity contribution is 6.34. The van der Waals surface area contributed by atoms with Crippen LogP contribution in [0.4, 0.5) is 21.9 Å². The number of anilines is 2. The van der Waals surface area contributed by atoms with Crippen LogP contribution < -0.4 is 10.2 Å². The number of nitrogens with one attached hydrogen (secondary N) is 1. The monoisotopic (exact) mass is 512 g/mol. The first-order valence-electron chi connectivity index (χ1n) is 10.9. The Hall–Kier alpha value is -3.62. The summed E-state index contributed by atoms with van der Waals surface area (Å²) in [6.45, 7) is 3.17. The lowest BCUT2D eigenvalue weighted by Crippen LogP contribution is -2.49. The molecular weight excluding hydrogens is 491 g/mol. The van der Waals surface area contributed by atoms with E-state index < -0.39 is 10.8 Å². The average Bonchev–Trinajstić information content (AvgIpc) is 2.82. The lowest BCUT2D eigenvalue weighted by molar-refractivity contribution is -0.385. The quantitative estimate of drug-likeness (QED) is 0.309. The van der Waals surface area contributed by atoms with Gasteiger partial charge in [-0.25, -0.2) is 4.79 Å². The van der Waals surface area contributed by atoms with E-state index in [1.54, 1.807) is 41.0 Å². The van der Waals surface area contributed by atoms with Crippen molar-refractivity contribution in [3.63, 3.8) is 0 Å². The van der Waals surface area contributed by atoms with Crippen molar-refractivity contribution in [3.8, 4) is 0 Å². The summed E-state index contributed by atoms with van der Waals surface area (Å²) in [7, 11) is 0. The number of halogens is 2. The van der Waals surface area contributed by atoms with Crippen LogP contribution >= 0.6 is 23.2 Å². The highest BCUT2D eigenvalue weighted by Gasteiger charge is 2.27. The Kier molecular flexibility index (Phi) is 7.23. The standard InChI is InChI=1S/C25H22Cl2N4O4/c1-16-6-7-18(13-23(16)31(34)35)24(32)28-22-14-20(8-9-21(22)27)30-11-3-10-29(25(30)33)15-17-4-2-5-19(26)12-17/h2,4-9,12-14H,3,10-11,15H2,1H3,(H,28,32). The summed E-state index contributed by atoms with van der Waals surface area (Å²) in [6, 6.07) is 16.4. The van der Waals surface area contributed by atoms with E-state index in [1.165, 1.54) is 18.2 Å². The van der Waals surface area contributed by atoms with Crippen LogP contribution in [0.3, 0.4) is 0 Å². The van der Waals surface area contributed by atoms with E-state index in [-0.39, 0.29) is 22.3 Å². The fourth-order valence-corrected chi connectivity index (χ4v) is 4.32. The largest absolute Gasteiger partial charge is 0.324 e. The lowest BCUT2D eigenvalue weighted by atomic mass is 10.1. The van der Waals surface area contributed by atoms with Gasteiger partial charge >= 0.3 is 6.03 Å². The van der Waals surface area contributed by atoms with Gasteiger partial charge in [-0.15, -0.1) is 0 Å². The average molecular weight is 513 g/mol. The second kappa shape index (κ2) is 10.3. The van der Waals surface area contributed by atoms with E-state index in [2.05, 4.69) is 5.32 Å². The Bertz CT molecular complexity index is 1310. The third-order valence-electron chi connectivity index (χ3n) is 5.75. The van der Waals surface area contributed by atoms with Crippen LogP contribution in [0.25, 0.3) is 0 Å². The number of nitro groups is 1. The molecule has 8 nitrogen and oxygen atoms in total. The first kappa shape index (κ1) is 24.5. The second-order valence-corrected chi connectivity index (χ2v) is 9.06. The molecule has 35 heavy (non-hydrogen) atoms. The van der Waals surface area contributed by atoms with E-state index in [9.17, 15) is 19.7 Å². The molecule has 1 aliphatic rings. The topological polar surface area (TPSA) is 95.8 Å². The SMILES string of the molecule is Cc1ccc(C(=O)Nc2cc(N3CCCN(Cc4cccc(Cl)c4)C3=O)ccc2Cl)cc1[N+](=O)[O-]. The highest BCUT2D eigenvalue weighted by Crippen LogP contribution is 2.31. The first-order valence-corrected chi connectivity index (χ1v) is 11.7. The Balaban J connectivity index is 1.53. The maximum Gasteiger partial charge on any atom is 0.324 e. The van der Waals surface area contributed by atoms with Crippen LogP contribution in [-0.4, -0.2) is 34.9 Å². The van der Waals surface area contributed by atoms with Gasteiger partial charge in [0.05, 0.1) is 15.6 Å². The second-order valence-electron chi connectivity index (χ2n) is 8.22. The van der Waals surface area contributed by atoms with Crippen molar-refractivity contribution in [2.45, 2.75) is 19.9 Å². The zero-order chi connectivity index (χ0) is 25.1. The molecule has 3 amide bonds. The summed E-state index contributed by atoms with van der Waals surface area (Å²) >= 11 is 12.4. The molecule has 0 aliphatic carbocycles. The fourth-order valence-electron chi connectivity index (χ4n) is 3.94. The third-order valence-corrected chi connectivity index (χ3v) is 6.32. The molecule has 1 heterocycles. The molecule has 0 aromatic heterocycles. The summed E-state index contributed by atoms with van der Waals surface area (Å²) in [6.07, 6.45) is 0.768. The van der Waals surface area contributed by atoms with E-state index in [1.807, 2.05) is 18.2 Å². The van der Waals surface area contributed by atoms with Crippen molar-refractivity contribution in [2.75, 3.05) is 23.3 Å². The predicted molar refractivity (Wildman–Crippen MR) is 136 cm³/mol. The minimum absolute atomic E-state index is 0.130. The zero-order valence-electron chi connectivity index (χ0n) is 18.8. The maximum absolute atomic E-state index is 13.2. The van der Waals surface area contributed by atoms with Gasteiger partial charge in [0.15, 0.2) is 0 Å².